The van der Waals surface area contributed by atoms with Gasteiger partial charge in [0.2, 0.25) is 5.91 Å². The van der Waals surface area contributed by atoms with E-state index in [1.165, 1.54) is 12.1 Å². The molecule has 0 saturated carbocycles. The van der Waals surface area contributed by atoms with Crippen LogP contribution in [-0.2, 0) is 17.9 Å². The van der Waals surface area contributed by atoms with Crippen LogP contribution >= 0.6 is 0 Å². The number of likely N-dealkylation sites (tertiary alicyclic amines) is 1. The highest BCUT2D eigenvalue weighted by atomic mass is 19.1. The SMILES string of the molecule is CCn1ccnc1CN1CCCC1C(=O)Nc1ccc(-c2cccc(F)c2)cc1. The van der Waals surface area contributed by atoms with E-state index in [0.717, 1.165) is 48.6 Å². The van der Waals surface area contributed by atoms with Crippen LogP contribution < -0.4 is 5.32 Å². The number of aryl methyl sites for hydroxylation is 1. The molecule has 1 fully saturated rings. The van der Waals surface area contributed by atoms with Gasteiger partial charge in [0.25, 0.3) is 0 Å². The van der Waals surface area contributed by atoms with E-state index in [4.69, 9.17) is 0 Å². The van der Waals surface area contributed by atoms with Gasteiger partial charge in [-0.25, -0.2) is 9.37 Å². The molecule has 1 atom stereocenters. The first kappa shape index (κ1) is 19.3. The highest BCUT2D eigenvalue weighted by molar-refractivity contribution is 5.95. The van der Waals surface area contributed by atoms with Gasteiger partial charge in [0, 0.05) is 24.6 Å². The van der Waals surface area contributed by atoms with Crippen LogP contribution in [-0.4, -0.2) is 32.9 Å². The molecular weight excluding hydrogens is 367 g/mol. The Morgan fingerprint density at radius 2 is 2.03 bits per heavy atom. The monoisotopic (exact) mass is 392 g/mol. The summed E-state index contributed by atoms with van der Waals surface area (Å²) >= 11 is 0. The average Bonchev–Trinajstić information content (AvgIpc) is 3.38. The molecule has 0 bridgehead atoms. The van der Waals surface area contributed by atoms with Crippen LogP contribution in [0.15, 0.2) is 60.9 Å². The molecule has 1 unspecified atom stereocenters. The summed E-state index contributed by atoms with van der Waals surface area (Å²) in [5.41, 5.74) is 2.48. The predicted molar refractivity (Wildman–Crippen MR) is 112 cm³/mol. The Balaban J connectivity index is 1.41. The molecular formula is C23H25FN4O. The van der Waals surface area contributed by atoms with Crippen LogP contribution in [0.4, 0.5) is 10.1 Å². The number of aromatic nitrogens is 2. The summed E-state index contributed by atoms with van der Waals surface area (Å²) in [7, 11) is 0. The standard InChI is InChI=1S/C23H25FN4O/c1-2-27-14-12-25-22(27)16-28-13-4-7-21(28)23(29)26-20-10-8-17(9-11-20)18-5-3-6-19(24)15-18/h3,5-6,8-12,14-15,21H,2,4,7,13,16H2,1H3,(H,26,29). The van der Waals surface area contributed by atoms with E-state index in [9.17, 15) is 9.18 Å². The normalized spacial score (nSPS) is 16.8. The van der Waals surface area contributed by atoms with Crippen LogP contribution in [0.1, 0.15) is 25.6 Å². The first-order valence-corrected chi connectivity index (χ1v) is 10.0. The number of halogens is 1. The van der Waals surface area contributed by atoms with Crippen molar-refractivity contribution in [2.45, 2.75) is 38.9 Å². The molecule has 2 aromatic carbocycles. The van der Waals surface area contributed by atoms with Gasteiger partial charge in [0.1, 0.15) is 11.6 Å². The molecule has 4 rings (SSSR count). The maximum atomic E-state index is 13.4. The third kappa shape index (κ3) is 4.38. The summed E-state index contributed by atoms with van der Waals surface area (Å²) in [6, 6.07) is 13.9. The predicted octanol–water partition coefficient (Wildman–Crippen LogP) is 4.31. The van der Waals surface area contributed by atoms with Crippen molar-refractivity contribution in [3.8, 4) is 11.1 Å². The molecule has 0 aliphatic carbocycles. The molecule has 6 heteroatoms. The summed E-state index contributed by atoms with van der Waals surface area (Å²) in [4.78, 5) is 19.5. The van der Waals surface area contributed by atoms with Crippen molar-refractivity contribution < 1.29 is 9.18 Å². The quantitative estimate of drug-likeness (QED) is 0.680. The number of carbonyl (C=O) groups is 1. The third-order valence-corrected chi connectivity index (χ3v) is 5.46. The van der Waals surface area contributed by atoms with Crippen LogP contribution in [0, 0.1) is 5.82 Å². The lowest BCUT2D eigenvalue weighted by Gasteiger charge is -2.23. The maximum Gasteiger partial charge on any atom is 0.241 e. The van der Waals surface area contributed by atoms with Crippen molar-refractivity contribution in [3.63, 3.8) is 0 Å². The Morgan fingerprint density at radius 3 is 2.79 bits per heavy atom. The van der Waals surface area contributed by atoms with Gasteiger partial charge in [-0.2, -0.15) is 0 Å². The van der Waals surface area contributed by atoms with Gasteiger partial charge in [-0.15, -0.1) is 0 Å². The van der Waals surface area contributed by atoms with Crippen LogP contribution in [0.5, 0.6) is 0 Å². The molecule has 1 N–H and O–H groups in total. The smallest absolute Gasteiger partial charge is 0.241 e. The van der Waals surface area contributed by atoms with Crippen molar-refractivity contribution in [3.05, 3.63) is 72.6 Å². The topological polar surface area (TPSA) is 50.2 Å². The first-order valence-electron chi connectivity index (χ1n) is 10.0. The molecule has 1 aliphatic rings. The number of carbonyl (C=O) groups excluding carboxylic acids is 1. The fourth-order valence-electron chi connectivity index (χ4n) is 3.91. The van der Waals surface area contributed by atoms with Crippen molar-refractivity contribution >= 4 is 11.6 Å². The maximum absolute atomic E-state index is 13.4. The van der Waals surface area contributed by atoms with Gasteiger partial charge in [0.15, 0.2) is 0 Å². The first-order chi connectivity index (χ1) is 14.1. The van der Waals surface area contributed by atoms with Gasteiger partial charge in [0.05, 0.1) is 12.6 Å². The summed E-state index contributed by atoms with van der Waals surface area (Å²) in [6.07, 6.45) is 5.63. The molecule has 1 saturated heterocycles. The number of imidazole rings is 1. The minimum absolute atomic E-state index is 0.00982. The lowest BCUT2D eigenvalue weighted by atomic mass is 10.1. The lowest BCUT2D eigenvalue weighted by Crippen LogP contribution is -2.39. The van der Waals surface area contributed by atoms with Gasteiger partial charge in [-0.05, 0) is 61.7 Å². The van der Waals surface area contributed by atoms with Crippen LogP contribution in [0.25, 0.3) is 11.1 Å². The Morgan fingerprint density at radius 1 is 1.21 bits per heavy atom. The van der Waals surface area contributed by atoms with E-state index >= 15 is 0 Å². The summed E-state index contributed by atoms with van der Waals surface area (Å²) in [5, 5.41) is 3.03. The average molecular weight is 392 g/mol. The van der Waals surface area contributed by atoms with E-state index < -0.39 is 0 Å². The van der Waals surface area contributed by atoms with Crippen LogP contribution in [0.2, 0.25) is 0 Å². The minimum Gasteiger partial charge on any atom is -0.334 e. The zero-order valence-corrected chi connectivity index (χ0v) is 16.5. The second-order valence-electron chi connectivity index (χ2n) is 7.33. The van der Waals surface area contributed by atoms with Gasteiger partial charge < -0.3 is 9.88 Å². The fraction of sp³-hybridized carbons (Fsp3) is 0.304. The molecule has 1 aliphatic heterocycles. The molecule has 2 heterocycles. The summed E-state index contributed by atoms with van der Waals surface area (Å²) in [5.74, 6) is 0.743. The van der Waals surface area contributed by atoms with Crippen molar-refractivity contribution in [1.29, 1.82) is 0 Å². The number of nitrogens with zero attached hydrogens (tertiary/aromatic N) is 3. The number of hydrogen-bond acceptors (Lipinski definition) is 3. The van der Waals surface area contributed by atoms with E-state index in [1.54, 1.807) is 6.07 Å². The largest absolute Gasteiger partial charge is 0.334 e. The van der Waals surface area contributed by atoms with Gasteiger partial charge in [-0.1, -0.05) is 24.3 Å². The number of hydrogen-bond donors (Lipinski definition) is 1. The summed E-state index contributed by atoms with van der Waals surface area (Å²) in [6.45, 7) is 4.54. The number of anilines is 1. The van der Waals surface area contributed by atoms with Gasteiger partial charge in [-0.3, -0.25) is 9.69 Å². The van der Waals surface area contributed by atoms with E-state index in [-0.39, 0.29) is 17.8 Å². The zero-order valence-electron chi connectivity index (χ0n) is 16.5. The number of rotatable bonds is 6. The fourth-order valence-corrected chi connectivity index (χ4v) is 3.91. The van der Waals surface area contributed by atoms with Crippen LogP contribution in [0.3, 0.4) is 0 Å². The minimum atomic E-state index is -0.259. The molecule has 5 nitrogen and oxygen atoms in total. The summed E-state index contributed by atoms with van der Waals surface area (Å²) < 4.78 is 15.5. The third-order valence-electron chi connectivity index (χ3n) is 5.46. The Kier molecular flexibility index (Phi) is 5.71. The van der Waals surface area contributed by atoms with Crippen molar-refractivity contribution in [2.24, 2.45) is 0 Å². The number of benzene rings is 2. The number of amides is 1. The Hall–Kier alpha value is -2.99. The van der Waals surface area contributed by atoms with Gasteiger partial charge >= 0.3 is 0 Å². The highest BCUT2D eigenvalue weighted by Crippen LogP contribution is 2.24. The molecule has 0 radical (unpaired) electrons. The van der Waals surface area contributed by atoms with Crippen molar-refractivity contribution in [2.75, 3.05) is 11.9 Å². The van der Waals surface area contributed by atoms with Crippen molar-refractivity contribution in [1.82, 2.24) is 14.5 Å². The van der Waals surface area contributed by atoms with E-state index in [0.29, 0.717) is 6.54 Å². The van der Waals surface area contributed by atoms with E-state index in [2.05, 4.69) is 26.7 Å². The van der Waals surface area contributed by atoms with E-state index in [1.807, 2.05) is 42.7 Å². The number of nitrogens with one attached hydrogen (secondary N) is 1. The Labute approximate surface area is 170 Å². The molecule has 0 spiro atoms. The molecule has 1 aromatic heterocycles. The highest BCUT2D eigenvalue weighted by Gasteiger charge is 2.31. The lowest BCUT2D eigenvalue weighted by molar-refractivity contribution is -0.120. The molecule has 3 aromatic rings. The Bertz CT molecular complexity index is 983. The molecule has 150 valence electrons. The zero-order chi connectivity index (χ0) is 20.2. The second kappa shape index (κ2) is 8.57. The molecule has 29 heavy (non-hydrogen) atoms. The molecule has 1 amide bonds. The second-order valence-corrected chi connectivity index (χ2v) is 7.33.